The zero-order chi connectivity index (χ0) is 13.5. The van der Waals surface area contributed by atoms with Crippen LogP contribution < -0.4 is 5.32 Å². The van der Waals surface area contributed by atoms with Gasteiger partial charge < -0.3 is 19.9 Å². The Morgan fingerprint density at radius 1 is 1.35 bits per heavy atom. The summed E-state index contributed by atoms with van der Waals surface area (Å²) in [7, 11) is 0. The van der Waals surface area contributed by atoms with Crippen LogP contribution in [-0.2, 0) is 14.3 Å². The van der Waals surface area contributed by atoms with Crippen LogP contribution in [0.3, 0.4) is 0 Å². The predicted molar refractivity (Wildman–Crippen MR) is 61.5 cm³/mol. The molecule has 6 nitrogen and oxygen atoms in total. The van der Waals surface area contributed by atoms with Crippen LogP contribution in [0.5, 0.6) is 0 Å². The molecule has 0 aliphatic rings. The van der Waals surface area contributed by atoms with Gasteiger partial charge in [0.1, 0.15) is 5.60 Å². The molecule has 1 unspecified atom stereocenters. The summed E-state index contributed by atoms with van der Waals surface area (Å²) in [4.78, 5) is 22.2. The lowest BCUT2D eigenvalue weighted by atomic mass is 10.2. The number of aliphatic hydroxyl groups is 1. The first-order valence-electron chi connectivity index (χ1n) is 5.58. The van der Waals surface area contributed by atoms with Gasteiger partial charge in [0, 0.05) is 13.0 Å². The topological polar surface area (TPSA) is 84.9 Å². The summed E-state index contributed by atoms with van der Waals surface area (Å²) in [5, 5.41) is 11.8. The largest absolute Gasteiger partial charge is 0.464 e. The Morgan fingerprint density at radius 2 is 1.94 bits per heavy atom. The van der Waals surface area contributed by atoms with Crippen molar-refractivity contribution in [2.45, 2.75) is 45.8 Å². The molecule has 0 aromatic carbocycles. The molecule has 0 aromatic rings. The molecule has 0 rings (SSSR count). The van der Waals surface area contributed by atoms with Crippen molar-refractivity contribution in [1.29, 1.82) is 0 Å². The van der Waals surface area contributed by atoms with E-state index in [4.69, 9.17) is 4.74 Å². The van der Waals surface area contributed by atoms with E-state index in [-0.39, 0.29) is 19.6 Å². The fourth-order valence-electron chi connectivity index (χ4n) is 0.981. The fraction of sp³-hybridized carbons (Fsp3) is 0.818. The second-order valence-corrected chi connectivity index (χ2v) is 4.49. The second kappa shape index (κ2) is 7.11. The Balaban J connectivity index is 3.77. The minimum absolute atomic E-state index is 0.0953. The number of rotatable bonds is 5. The zero-order valence-corrected chi connectivity index (χ0v) is 10.8. The van der Waals surface area contributed by atoms with E-state index in [0.29, 0.717) is 0 Å². The number of esters is 1. The van der Waals surface area contributed by atoms with Crippen LogP contribution in [0, 0.1) is 0 Å². The molecule has 0 aliphatic heterocycles. The first kappa shape index (κ1) is 15.7. The zero-order valence-electron chi connectivity index (χ0n) is 10.8. The molecule has 0 bridgehead atoms. The number of hydrogen-bond donors (Lipinski definition) is 2. The van der Waals surface area contributed by atoms with Crippen molar-refractivity contribution in [1.82, 2.24) is 5.32 Å². The van der Waals surface area contributed by atoms with Gasteiger partial charge in [0.15, 0.2) is 6.10 Å². The third kappa shape index (κ3) is 8.50. The Kier molecular flexibility index (Phi) is 6.57. The van der Waals surface area contributed by atoms with Crippen LogP contribution in [0.1, 0.15) is 34.1 Å². The number of alkyl carbamates (subject to hydrolysis) is 1. The van der Waals surface area contributed by atoms with Crippen molar-refractivity contribution in [3.63, 3.8) is 0 Å². The monoisotopic (exact) mass is 247 g/mol. The van der Waals surface area contributed by atoms with E-state index in [9.17, 15) is 14.7 Å². The number of ether oxygens (including phenoxy) is 2. The third-order valence-electron chi connectivity index (χ3n) is 1.64. The van der Waals surface area contributed by atoms with E-state index >= 15 is 0 Å². The van der Waals surface area contributed by atoms with Gasteiger partial charge in [0.25, 0.3) is 0 Å². The summed E-state index contributed by atoms with van der Waals surface area (Å²) in [6.45, 7) is 7.27. The van der Waals surface area contributed by atoms with Crippen molar-refractivity contribution in [2.24, 2.45) is 0 Å². The molecule has 0 saturated heterocycles. The first-order valence-corrected chi connectivity index (χ1v) is 5.58. The highest BCUT2D eigenvalue weighted by atomic mass is 16.6. The lowest BCUT2D eigenvalue weighted by molar-refractivity contribution is -0.153. The minimum atomic E-state index is -1.22. The van der Waals surface area contributed by atoms with E-state index in [2.05, 4.69) is 10.1 Å². The van der Waals surface area contributed by atoms with Crippen LogP contribution in [-0.4, -0.2) is 42.0 Å². The number of amides is 1. The maximum absolute atomic E-state index is 11.2. The Labute approximate surface area is 101 Å². The summed E-state index contributed by atoms with van der Waals surface area (Å²) < 4.78 is 9.59. The van der Waals surface area contributed by atoms with Crippen LogP contribution in [0.4, 0.5) is 4.79 Å². The molecule has 1 amide bonds. The van der Waals surface area contributed by atoms with Gasteiger partial charge in [-0.2, -0.15) is 0 Å². The highest BCUT2D eigenvalue weighted by molar-refractivity contribution is 5.74. The normalized spacial score (nSPS) is 12.8. The number of aliphatic hydroxyl groups excluding tert-OH is 1. The van der Waals surface area contributed by atoms with Crippen LogP contribution in [0.15, 0.2) is 0 Å². The summed E-state index contributed by atoms with van der Waals surface area (Å²) in [6, 6.07) is 0. The molecule has 0 aliphatic carbocycles. The summed E-state index contributed by atoms with van der Waals surface area (Å²) in [5.74, 6) is -0.682. The summed E-state index contributed by atoms with van der Waals surface area (Å²) >= 11 is 0. The molecular formula is C11H21NO5. The Bertz CT molecular complexity index is 259. The maximum atomic E-state index is 11.2. The van der Waals surface area contributed by atoms with Gasteiger partial charge in [-0.1, -0.05) is 0 Å². The Morgan fingerprint density at radius 3 is 2.41 bits per heavy atom. The van der Waals surface area contributed by atoms with E-state index in [1.807, 2.05) is 0 Å². The van der Waals surface area contributed by atoms with Gasteiger partial charge in [-0.25, -0.2) is 9.59 Å². The molecule has 17 heavy (non-hydrogen) atoms. The lowest BCUT2D eigenvalue weighted by Gasteiger charge is -2.19. The first-order chi connectivity index (χ1) is 7.76. The molecule has 2 N–H and O–H groups in total. The highest BCUT2D eigenvalue weighted by Gasteiger charge is 2.18. The van der Waals surface area contributed by atoms with Gasteiger partial charge in [-0.05, 0) is 27.7 Å². The standard InChI is InChI=1S/C11H21NO5/c1-5-16-9(14)8(13)6-7-12-10(15)17-11(2,3)4/h8,13H,5-7H2,1-4H3,(H,12,15). The van der Waals surface area contributed by atoms with E-state index < -0.39 is 23.8 Å². The number of carbonyl (C=O) groups is 2. The summed E-state index contributed by atoms with van der Waals surface area (Å²) in [6.07, 6.45) is -1.70. The van der Waals surface area contributed by atoms with Crippen LogP contribution in [0.25, 0.3) is 0 Å². The van der Waals surface area contributed by atoms with Gasteiger partial charge >= 0.3 is 12.1 Å². The quantitative estimate of drug-likeness (QED) is 0.703. The van der Waals surface area contributed by atoms with Gasteiger partial charge in [0.05, 0.1) is 6.61 Å². The van der Waals surface area contributed by atoms with Crippen molar-refractivity contribution < 1.29 is 24.2 Å². The van der Waals surface area contributed by atoms with Gasteiger partial charge in [-0.15, -0.1) is 0 Å². The number of hydrogen-bond acceptors (Lipinski definition) is 5. The second-order valence-electron chi connectivity index (χ2n) is 4.49. The van der Waals surface area contributed by atoms with Gasteiger partial charge in [-0.3, -0.25) is 0 Å². The SMILES string of the molecule is CCOC(=O)C(O)CCNC(=O)OC(C)(C)C. The van der Waals surface area contributed by atoms with Crippen molar-refractivity contribution in [2.75, 3.05) is 13.2 Å². The van der Waals surface area contributed by atoms with Crippen molar-refractivity contribution >= 4 is 12.1 Å². The smallest absolute Gasteiger partial charge is 0.407 e. The fourth-order valence-corrected chi connectivity index (χ4v) is 0.981. The van der Waals surface area contributed by atoms with E-state index in [0.717, 1.165) is 0 Å². The molecule has 0 spiro atoms. The number of carbonyl (C=O) groups excluding carboxylic acids is 2. The average Bonchev–Trinajstić information content (AvgIpc) is 2.14. The molecular weight excluding hydrogens is 226 g/mol. The molecule has 100 valence electrons. The van der Waals surface area contributed by atoms with E-state index in [1.165, 1.54) is 0 Å². The van der Waals surface area contributed by atoms with Crippen molar-refractivity contribution in [3.8, 4) is 0 Å². The van der Waals surface area contributed by atoms with Gasteiger partial charge in [0.2, 0.25) is 0 Å². The molecule has 0 aromatic heterocycles. The van der Waals surface area contributed by atoms with Crippen LogP contribution >= 0.6 is 0 Å². The predicted octanol–water partition coefficient (Wildman–Crippen LogP) is 0.825. The molecule has 1 atom stereocenters. The third-order valence-corrected chi connectivity index (χ3v) is 1.64. The molecule has 6 heteroatoms. The minimum Gasteiger partial charge on any atom is -0.464 e. The Hall–Kier alpha value is -1.30. The summed E-state index contributed by atoms with van der Waals surface area (Å²) in [5.41, 5.74) is -0.566. The molecule has 0 saturated carbocycles. The van der Waals surface area contributed by atoms with Crippen LogP contribution in [0.2, 0.25) is 0 Å². The van der Waals surface area contributed by atoms with Crippen molar-refractivity contribution in [3.05, 3.63) is 0 Å². The maximum Gasteiger partial charge on any atom is 0.407 e. The number of nitrogens with one attached hydrogen (secondary N) is 1. The molecule has 0 fully saturated rings. The molecule has 0 radical (unpaired) electrons. The highest BCUT2D eigenvalue weighted by Crippen LogP contribution is 2.06. The lowest BCUT2D eigenvalue weighted by Crippen LogP contribution is -2.35. The van der Waals surface area contributed by atoms with E-state index in [1.54, 1.807) is 27.7 Å². The molecule has 0 heterocycles. The average molecular weight is 247 g/mol.